The predicted octanol–water partition coefficient (Wildman–Crippen LogP) is 2.77. The van der Waals surface area contributed by atoms with Crippen molar-refractivity contribution < 1.29 is 14.3 Å². The third-order valence-electron chi connectivity index (χ3n) is 3.88. The lowest BCUT2D eigenvalue weighted by Gasteiger charge is -2.06. The molecule has 7 nitrogen and oxygen atoms in total. The molecule has 2 N–H and O–H groups in total. The Labute approximate surface area is 157 Å². The lowest BCUT2D eigenvalue weighted by molar-refractivity contribution is -0.114. The van der Waals surface area contributed by atoms with E-state index in [1.165, 1.54) is 6.92 Å². The Morgan fingerprint density at radius 1 is 1.04 bits per heavy atom. The Kier molecular flexibility index (Phi) is 5.51. The zero-order valence-electron chi connectivity index (χ0n) is 15.1. The summed E-state index contributed by atoms with van der Waals surface area (Å²) in [5.41, 5.74) is 2.81. The minimum Gasteiger partial charge on any atom is -0.497 e. The van der Waals surface area contributed by atoms with Crippen molar-refractivity contribution in [3.63, 3.8) is 0 Å². The van der Waals surface area contributed by atoms with Gasteiger partial charge in [-0.15, -0.1) is 0 Å². The molecular formula is C20H20N4O3. The summed E-state index contributed by atoms with van der Waals surface area (Å²) in [7, 11) is 1.62. The first kappa shape index (κ1) is 18.2. The van der Waals surface area contributed by atoms with Crippen LogP contribution in [0, 0.1) is 0 Å². The van der Waals surface area contributed by atoms with E-state index in [1.807, 2.05) is 36.5 Å². The van der Waals surface area contributed by atoms with E-state index < -0.39 is 0 Å². The Morgan fingerprint density at radius 3 is 2.37 bits per heavy atom. The SMILES string of the molecule is COc1ccc(-n2ccc(CNC(=O)c3ccc(NC(C)=O)cc3)n2)cc1. The summed E-state index contributed by atoms with van der Waals surface area (Å²) in [6.07, 6.45) is 1.84. The number of hydrogen-bond donors (Lipinski definition) is 2. The van der Waals surface area contributed by atoms with E-state index in [1.54, 1.807) is 36.1 Å². The van der Waals surface area contributed by atoms with Gasteiger partial charge < -0.3 is 15.4 Å². The summed E-state index contributed by atoms with van der Waals surface area (Å²) in [6.45, 7) is 1.75. The van der Waals surface area contributed by atoms with Crippen molar-refractivity contribution >= 4 is 17.5 Å². The number of aromatic nitrogens is 2. The molecule has 0 spiro atoms. The van der Waals surface area contributed by atoms with Crippen LogP contribution >= 0.6 is 0 Å². The predicted molar refractivity (Wildman–Crippen MR) is 102 cm³/mol. The average molecular weight is 364 g/mol. The molecule has 0 unspecified atom stereocenters. The highest BCUT2D eigenvalue weighted by Gasteiger charge is 2.07. The first-order valence-corrected chi connectivity index (χ1v) is 8.40. The van der Waals surface area contributed by atoms with E-state index in [0.717, 1.165) is 17.1 Å². The molecule has 1 heterocycles. The third kappa shape index (κ3) is 4.72. The van der Waals surface area contributed by atoms with Gasteiger partial charge in [-0.05, 0) is 54.6 Å². The maximum Gasteiger partial charge on any atom is 0.251 e. The molecule has 0 bridgehead atoms. The van der Waals surface area contributed by atoms with Gasteiger partial charge in [-0.3, -0.25) is 9.59 Å². The molecule has 0 saturated carbocycles. The number of methoxy groups -OCH3 is 1. The molecule has 7 heteroatoms. The highest BCUT2D eigenvalue weighted by molar-refractivity contribution is 5.95. The Hall–Kier alpha value is -3.61. The first-order chi connectivity index (χ1) is 13.0. The van der Waals surface area contributed by atoms with E-state index in [2.05, 4.69) is 15.7 Å². The molecule has 138 valence electrons. The topological polar surface area (TPSA) is 85.2 Å². The van der Waals surface area contributed by atoms with Gasteiger partial charge in [0.1, 0.15) is 5.75 Å². The van der Waals surface area contributed by atoms with Crippen molar-refractivity contribution in [1.29, 1.82) is 0 Å². The summed E-state index contributed by atoms with van der Waals surface area (Å²) in [5.74, 6) is 0.422. The molecule has 0 atom stereocenters. The van der Waals surface area contributed by atoms with Gasteiger partial charge in [0.05, 0.1) is 25.0 Å². The number of carbonyl (C=O) groups excluding carboxylic acids is 2. The van der Waals surface area contributed by atoms with Crippen molar-refractivity contribution in [3.8, 4) is 11.4 Å². The molecule has 0 saturated heterocycles. The minimum absolute atomic E-state index is 0.153. The monoisotopic (exact) mass is 364 g/mol. The van der Waals surface area contributed by atoms with Crippen LogP contribution in [-0.4, -0.2) is 28.7 Å². The van der Waals surface area contributed by atoms with Crippen LogP contribution in [0.15, 0.2) is 60.8 Å². The Balaban J connectivity index is 1.59. The second-order valence-electron chi connectivity index (χ2n) is 5.89. The van der Waals surface area contributed by atoms with Gasteiger partial charge in [-0.25, -0.2) is 4.68 Å². The summed E-state index contributed by atoms with van der Waals surface area (Å²) in [4.78, 5) is 23.3. The average Bonchev–Trinajstić information content (AvgIpc) is 3.15. The minimum atomic E-state index is -0.205. The van der Waals surface area contributed by atoms with Gasteiger partial charge in [0, 0.05) is 24.4 Å². The van der Waals surface area contributed by atoms with Crippen LogP contribution in [0.4, 0.5) is 5.69 Å². The highest BCUT2D eigenvalue weighted by atomic mass is 16.5. The second-order valence-corrected chi connectivity index (χ2v) is 5.89. The summed E-state index contributed by atoms with van der Waals surface area (Å²) < 4.78 is 6.88. The molecule has 2 amide bonds. The van der Waals surface area contributed by atoms with Crippen molar-refractivity contribution in [1.82, 2.24) is 15.1 Å². The van der Waals surface area contributed by atoms with Crippen LogP contribution in [0.1, 0.15) is 23.0 Å². The number of benzene rings is 2. The summed E-state index contributed by atoms with van der Waals surface area (Å²) in [6, 6.07) is 16.1. The van der Waals surface area contributed by atoms with Gasteiger partial charge in [-0.2, -0.15) is 5.10 Å². The molecule has 0 aliphatic rings. The number of hydrogen-bond acceptors (Lipinski definition) is 4. The number of rotatable bonds is 6. The number of nitrogens with zero attached hydrogens (tertiary/aromatic N) is 2. The molecule has 0 aliphatic carbocycles. The van der Waals surface area contributed by atoms with Crippen LogP contribution in [0.2, 0.25) is 0 Å². The summed E-state index contributed by atoms with van der Waals surface area (Å²) in [5, 5.41) is 9.96. The van der Waals surface area contributed by atoms with Crippen molar-refractivity contribution in [2.24, 2.45) is 0 Å². The molecule has 3 aromatic rings. The van der Waals surface area contributed by atoms with Gasteiger partial charge in [0.15, 0.2) is 0 Å². The van der Waals surface area contributed by atoms with Crippen LogP contribution in [0.3, 0.4) is 0 Å². The highest BCUT2D eigenvalue weighted by Crippen LogP contribution is 2.14. The number of carbonyl (C=O) groups is 2. The van der Waals surface area contributed by atoms with Crippen molar-refractivity contribution in [2.45, 2.75) is 13.5 Å². The maximum atomic E-state index is 12.3. The van der Waals surface area contributed by atoms with Crippen LogP contribution in [-0.2, 0) is 11.3 Å². The van der Waals surface area contributed by atoms with Gasteiger partial charge in [0.2, 0.25) is 5.91 Å². The van der Waals surface area contributed by atoms with Crippen LogP contribution in [0.5, 0.6) is 5.75 Å². The van der Waals surface area contributed by atoms with E-state index in [-0.39, 0.29) is 11.8 Å². The number of amides is 2. The van der Waals surface area contributed by atoms with E-state index >= 15 is 0 Å². The van der Waals surface area contributed by atoms with Gasteiger partial charge in [0.25, 0.3) is 5.91 Å². The van der Waals surface area contributed by atoms with Gasteiger partial charge in [-0.1, -0.05) is 0 Å². The standard InChI is InChI=1S/C20H20N4O3/c1-14(25)22-16-5-3-15(4-6-16)20(26)21-13-17-11-12-24(23-17)18-7-9-19(27-2)10-8-18/h3-12H,13H2,1-2H3,(H,21,26)(H,22,25). The molecule has 27 heavy (non-hydrogen) atoms. The van der Waals surface area contributed by atoms with Crippen LogP contribution in [0.25, 0.3) is 5.69 Å². The van der Waals surface area contributed by atoms with E-state index in [4.69, 9.17) is 4.74 Å². The smallest absolute Gasteiger partial charge is 0.251 e. The quantitative estimate of drug-likeness (QED) is 0.704. The number of nitrogens with one attached hydrogen (secondary N) is 2. The summed E-state index contributed by atoms with van der Waals surface area (Å²) >= 11 is 0. The molecule has 0 aliphatic heterocycles. The lowest BCUT2D eigenvalue weighted by Crippen LogP contribution is -2.23. The van der Waals surface area contributed by atoms with Gasteiger partial charge >= 0.3 is 0 Å². The fraction of sp³-hybridized carbons (Fsp3) is 0.150. The fourth-order valence-corrected chi connectivity index (χ4v) is 2.52. The number of ether oxygens (including phenoxy) is 1. The lowest BCUT2D eigenvalue weighted by atomic mass is 10.2. The zero-order chi connectivity index (χ0) is 19.2. The molecule has 3 rings (SSSR count). The van der Waals surface area contributed by atoms with Crippen LogP contribution < -0.4 is 15.4 Å². The van der Waals surface area contributed by atoms with E-state index in [9.17, 15) is 9.59 Å². The van der Waals surface area contributed by atoms with Crippen molar-refractivity contribution in [3.05, 3.63) is 72.1 Å². The molecular weight excluding hydrogens is 344 g/mol. The van der Waals surface area contributed by atoms with Crippen molar-refractivity contribution in [2.75, 3.05) is 12.4 Å². The fourth-order valence-electron chi connectivity index (χ4n) is 2.52. The molecule has 0 radical (unpaired) electrons. The molecule has 0 fully saturated rings. The molecule has 1 aromatic heterocycles. The Morgan fingerprint density at radius 2 is 1.74 bits per heavy atom. The zero-order valence-corrected chi connectivity index (χ0v) is 15.1. The second kappa shape index (κ2) is 8.18. The normalized spacial score (nSPS) is 10.3. The molecule has 2 aromatic carbocycles. The Bertz CT molecular complexity index is 931. The van der Waals surface area contributed by atoms with E-state index in [0.29, 0.717) is 17.8 Å². The number of anilines is 1. The third-order valence-corrected chi connectivity index (χ3v) is 3.88. The first-order valence-electron chi connectivity index (χ1n) is 8.40. The maximum absolute atomic E-state index is 12.3. The largest absolute Gasteiger partial charge is 0.497 e.